The van der Waals surface area contributed by atoms with Crippen LogP contribution in [0, 0.1) is 13.8 Å². The number of aromatic nitrogens is 3. The first-order valence-electron chi connectivity index (χ1n) is 5.92. The van der Waals surface area contributed by atoms with E-state index in [1.165, 1.54) is 4.68 Å². The van der Waals surface area contributed by atoms with E-state index in [0.717, 1.165) is 11.3 Å². The van der Waals surface area contributed by atoms with Crippen LogP contribution in [0.2, 0.25) is 0 Å². The van der Waals surface area contributed by atoms with Crippen LogP contribution in [0.3, 0.4) is 0 Å². The highest BCUT2D eigenvalue weighted by Gasteiger charge is 2.19. The first-order chi connectivity index (χ1) is 9.00. The van der Waals surface area contributed by atoms with Gasteiger partial charge in [-0.15, -0.1) is 0 Å². The van der Waals surface area contributed by atoms with Crippen molar-refractivity contribution in [1.82, 2.24) is 14.8 Å². The van der Waals surface area contributed by atoms with Crippen LogP contribution in [-0.2, 0) is 13.6 Å². The van der Waals surface area contributed by atoms with Crippen LogP contribution >= 0.6 is 0 Å². The molecule has 100 valence electrons. The molecule has 0 aliphatic heterocycles. The largest absolute Gasteiger partial charge is 0.477 e. The highest BCUT2D eigenvalue weighted by Crippen LogP contribution is 2.19. The molecule has 0 bridgehead atoms. The van der Waals surface area contributed by atoms with Crippen LogP contribution in [0.1, 0.15) is 27.3 Å². The Labute approximate surface area is 111 Å². The zero-order valence-electron chi connectivity index (χ0n) is 11.1. The second-order valence-corrected chi connectivity index (χ2v) is 4.36. The van der Waals surface area contributed by atoms with Gasteiger partial charge in [-0.25, -0.2) is 4.79 Å². The maximum Gasteiger partial charge on any atom is 0.341 e. The number of carboxylic acids is 1. The number of nitrogens with zero attached hydrogens (tertiary/aromatic N) is 3. The van der Waals surface area contributed by atoms with Crippen LogP contribution in [0.15, 0.2) is 18.3 Å². The summed E-state index contributed by atoms with van der Waals surface area (Å²) in [6.07, 6.45) is 1.72. The summed E-state index contributed by atoms with van der Waals surface area (Å²) in [5.41, 5.74) is 2.65. The van der Waals surface area contributed by atoms with E-state index in [1.54, 1.807) is 20.2 Å². The summed E-state index contributed by atoms with van der Waals surface area (Å²) in [6.45, 7) is 4.11. The molecule has 0 spiro atoms. The van der Waals surface area contributed by atoms with Gasteiger partial charge in [-0.1, -0.05) is 6.07 Å². The molecule has 2 aromatic heterocycles. The van der Waals surface area contributed by atoms with Crippen molar-refractivity contribution in [3.63, 3.8) is 0 Å². The molecule has 0 unspecified atom stereocenters. The molecule has 0 amide bonds. The van der Waals surface area contributed by atoms with Crippen LogP contribution in [0.25, 0.3) is 0 Å². The van der Waals surface area contributed by atoms with Gasteiger partial charge < -0.3 is 10.4 Å². The SMILES string of the molecule is Cc1cccnc1CNc1c(C(=O)O)c(C)nn1C. The average molecular weight is 260 g/mol. The molecule has 2 rings (SSSR count). The molecule has 6 heteroatoms. The van der Waals surface area contributed by atoms with Crippen LogP contribution in [-0.4, -0.2) is 25.8 Å². The molecule has 0 atom stereocenters. The van der Waals surface area contributed by atoms with Crippen molar-refractivity contribution >= 4 is 11.8 Å². The Bertz CT molecular complexity index is 619. The van der Waals surface area contributed by atoms with Gasteiger partial charge in [0.2, 0.25) is 0 Å². The van der Waals surface area contributed by atoms with Gasteiger partial charge in [0.25, 0.3) is 0 Å². The highest BCUT2D eigenvalue weighted by atomic mass is 16.4. The summed E-state index contributed by atoms with van der Waals surface area (Å²) in [6, 6.07) is 3.84. The summed E-state index contributed by atoms with van der Waals surface area (Å²) in [5, 5.41) is 16.4. The van der Waals surface area contributed by atoms with Crippen molar-refractivity contribution in [2.45, 2.75) is 20.4 Å². The first-order valence-corrected chi connectivity index (χ1v) is 5.92. The fraction of sp³-hybridized carbons (Fsp3) is 0.308. The number of anilines is 1. The minimum Gasteiger partial charge on any atom is -0.477 e. The molecule has 0 saturated carbocycles. The fourth-order valence-corrected chi connectivity index (χ4v) is 1.99. The number of carboxylic acid groups (broad SMARTS) is 1. The number of carbonyl (C=O) groups is 1. The van der Waals surface area contributed by atoms with Crippen molar-refractivity contribution in [2.75, 3.05) is 5.32 Å². The molecule has 2 aromatic rings. The van der Waals surface area contributed by atoms with E-state index in [-0.39, 0.29) is 5.56 Å². The van der Waals surface area contributed by atoms with Gasteiger partial charge in [0, 0.05) is 13.2 Å². The Hall–Kier alpha value is -2.37. The molecule has 0 aromatic carbocycles. The summed E-state index contributed by atoms with van der Waals surface area (Å²) >= 11 is 0. The van der Waals surface area contributed by atoms with Gasteiger partial charge in [0.05, 0.1) is 17.9 Å². The van der Waals surface area contributed by atoms with E-state index < -0.39 is 5.97 Å². The molecule has 0 aliphatic rings. The molecular formula is C13H16N4O2. The Kier molecular flexibility index (Phi) is 3.50. The van der Waals surface area contributed by atoms with Gasteiger partial charge in [-0.3, -0.25) is 9.67 Å². The van der Waals surface area contributed by atoms with Crippen molar-refractivity contribution < 1.29 is 9.90 Å². The number of rotatable bonds is 4. The smallest absolute Gasteiger partial charge is 0.341 e. The number of aromatic carboxylic acids is 1. The van der Waals surface area contributed by atoms with Gasteiger partial charge >= 0.3 is 5.97 Å². The lowest BCUT2D eigenvalue weighted by Crippen LogP contribution is -2.10. The fourth-order valence-electron chi connectivity index (χ4n) is 1.99. The normalized spacial score (nSPS) is 10.5. The third kappa shape index (κ3) is 2.57. The van der Waals surface area contributed by atoms with Gasteiger partial charge in [0.1, 0.15) is 11.4 Å². The second-order valence-electron chi connectivity index (χ2n) is 4.36. The van der Waals surface area contributed by atoms with Crippen LogP contribution in [0.5, 0.6) is 0 Å². The minimum absolute atomic E-state index is 0.205. The summed E-state index contributed by atoms with van der Waals surface area (Å²) in [4.78, 5) is 15.5. The lowest BCUT2D eigenvalue weighted by molar-refractivity contribution is 0.0697. The summed E-state index contributed by atoms with van der Waals surface area (Å²) in [5.74, 6) is -0.485. The summed E-state index contributed by atoms with van der Waals surface area (Å²) in [7, 11) is 1.72. The van der Waals surface area contributed by atoms with Gasteiger partial charge in [0.15, 0.2) is 0 Å². The van der Waals surface area contributed by atoms with Gasteiger partial charge in [-0.2, -0.15) is 5.10 Å². The molecule has 0 radical (unpaired) electrons. The predicted molar refractivity (Wildman–Crippen MR) is 71.2 cm³/mol. The monoisotopic (exact) mass is 260 g/mol. The second kappa shape index (κ2) is 5.09. The maximum atomic E-state index is 11.2. The number of hydrogen-bond acceptors (Lipinski definition) is 4. The van der Waals surface area contributed by atoms with Crippen molar-refractivity contribution in [3.05, 3.63) is 40.8 Å². The Balaban J connectivity index is 2.25. The van der Waals surface area contributed by atoms with Crippen LogP contribution < -0.4 is 5.32 Å². The van der Waals surface area contributed by atoms with Crippen molar-refractivity contribution in [2.24, 2.45) is 7.05 Å². The third-order valence-corrected chi connectivity index (χ3v) is 2.98. The molecule has 6 nitrogen and oxygen atoms in total. The third-order valence-electron chi connectivity index (χ3n) is 2.98. The Morgan fingerprint density at radius 1 is 1.47 bits per heavy atom. The number of pyridine rings is 1. The van der Waals surface area contributed by atoms with E-state index in [2.05, 4.69) is 15.4 Å². The molecule has 0 fully saturated rings. The van der Waals surface area contributed by atoms with Gasteiger partial charge in [-0.05, 0) is 25.5 Å². The standard InChI is InChI=1S/C13H16N4O2/c1-8-5-4-6-14-10(8)7-15-12-11(13(18)19)9(2)16-17(12)3/h4-6,15H,7H2,1-3H3,(H,18,19). The van der Waals surface area contributed by atoms with E-state index in [1.807, 2.05) is 19.1 Å². The number of hydrogen-bond donors (Lipinski definition) is 2. The first kappa shape index (κ1) is 13.1. The van der Waals surface area contributed by atoms with Crippen molar-refractivity contribution in [1.29, 1.82) is 0 Å². The van der Waals surface area contributed by atoms with Crippen molar-refractivity contribution in [3.8, 4) is 0 Å². The topological polar surface area (TPSA) is 80.0 Å². The Morgan fingerprint density at radius 3 is 2.84 bits per heavy atom. The maximum absolute atomic E-state index is 11.2. The minimum atomic E-state index is -0.981. The molecule has 2 N–H and O–H groups in total. The Morgan fingerprint density at radius 2 is 2.21 bits per heavy atom. The van der Waals surface area contributed by atoms with E-state index in [4.69, 9.17) is 0 Å². The molecule has 2 heterocycles. The van der Waals surface area contributed by atoms with E-state index in [0.29, 0.717) is 18.1 Å². The zero-order chi connectivity index (χ0) is 14.0. The van der Waals surface area contributed by atoms with E-state index in [9.17, 15) is 9.90 Å². The lowest BCUT2D eigenvalue weighted by atomic mass is 10.2. The average Bonchev–Trinajstić information content (AvgIpc) is 2.63. The highest BCUT2D eigenvalue weighted by molar-refractivity contribution is 5.94. The zero-order valence-corrected chi connectivity index (χ0v) is 11.1. The number of aryl methyl sites for hydroxylation is 3. The predicted octanol–water partition coefficient (Wildman–Crippen LogP) is 1.74. The molecule has 0 aliphatic carbocycles. The van der Waals surface area contributed by atoms with E-state index >= 15 is 0 Å². The van der Waals surface area contributed by atoms with Crippen LogP contribution in [0.4, 0.5) is 5.82 Å². The molecule has 19 heavy (non-hydrogen) atoms. The number of nitrogens with one attached hydrogen (secondary N) is 1. The molecule has 0 saturated heterocycles. The molecular weight excluding hydrogens is 244 g/mol. The lowest BCUT2D eigenvalue weighted by Gasteiger charge is -2.09. The summed E-state index contributed by atoms with van der Waals surface area (Å²) < 4.78 is 1.54. The quantitative estimate of drug-likeness (QED) is 0.875.